The zero-order chi connectivity index (χ0) is 27.7. The Bertz CT molecular complexity index is 1470. The Morgan fingerprint density at radius 3 is 2.52 bits per heavy atom. The molecular formula is C28H27Cl2N7O3. The van der Waals surface area contributed by atoms with E-state index in [1.165, 1.54) is 0 Å². The fourth-order valence-corrected chi connectivity index (χ4v) is 4.33. The maximum atomic E-state index is 6.29. The molecule has 4 aromatic rings. The smallest absolute Gasteiger partial charge is 0.250 e. The second-order valence-corrected chi connectivity index (χ2v) is 9.52. The molecule has 3 aromatic carbocycles. The maximum Gasteiger partial charge on any atom is 0.250 e. The van der Waals surface area contributed by atoms with Gasteiger partial charge in [0.2, 0.25) is 17.8 Å². The van der Waals surface area contributed by atoms with E-state index in [0.717, 1.165) is 16.8 Å². The lowest BCUT2D eigenvalue weighted by molar-refractivity contribution is 0.122. The molecule has 12 heteroatoms. The van der Waals surface area contributed by atoms with Crippen molar-refractivity contribution in [2.45, 2.75) is 6.61 Å². The van der Waals surface area contributed by atoms with Crippen LogP contribution in [0.3, 0.4) is 0 Å². The summed E-state index contributed by atoms with van der Waals surface area (Å²) in [5, 5.41) is 8.68. The number of nitrogens with zero attached hydrogens (tertiary/aromatic N) is 5. The molecule has 1 aliphatic rings. The third-order valence-corrected chi connectivity index (χ3v) is 6.50. The number of nitrogens with one attached hydrogen (secondary N) is 2. The van der Waals surface area contributed by atoms with Crippen LogP contribution < -0.4 is 25.1 Å². The van der Waals surface area contributed by atoms with E-state index < -0.39 is 0 Å². The summed E-state index contributed by atoms with van der Waals surface area (Å²) >= 11 is 12.3. The van der Waals surface area contributed by atoms with E-state index >= 15 is 0 Å². The summed E-state index contributed by atoms with van der Waals surface area (Å²) in [5.74, 6) is 2.37. The lowest BCUT2D eigenvalue weighted by Crippen LogP contribution is -2.37. The Kier molecular flexibility index (Phi) is 9.12. The van der Waals surface area contributed by atoms with E-state index in [4.69, 9.17) is 37.4 Å². The summed E-state index contributed by atoms with van der Waals surface area (Å²) in [5.41, 5.74) is 5.37. The monoisotopic (exact) mass is 579 g/mol. The number of hydrogen-bond donors (Lipinski definition) is 2. The van der Waals surface area contributed by atoms with Gasteiger partial charge < -0.3 is 24.4 Å². The number of ether oxygens (including phenoxy) is 3. The molecule has 0 radical (unpaired) electrons. The zero-order valence-electron chi connectivity index (χ0n) is 21.7. The highest BCUT2D eigenvalue weighted by Gasteiger charge is 2.17. The Labute approximate surface area is 241 Å². The van der Waals surface area contributed by atoms with E-state index in [1.54, 1.807) is 25.5 Å². The van der Waals surface area contributed by atoms with Crippen molar-refractivity contribution in [2.75, 3.05) is 49.1 Å². The first kappa shape index (κ1) is 27.4. The van der Waals surface area contributed by atoms with Gasteiger partial charge in [-0.25, -0.2) is 5.43 Å². The van der Waals surface area contributed by atoms with Crippen molar-refractivity contribution in [3.05, 3.63) is 87.9 Å². The minimum Gasteiger partial charge on any atom is -0.493 e. The van der Waals surface area contributed by atoms with E-state index in [9.17, 15) is 0 Å². The van der Waals surface area contributed by atoms with Crippen LogP contribution in [0.25, 0.3) is 0 Å². The van der Waals surface area contributed by atoms with Crippen molar-refractivity contribution in [3.63, 3.8) is 0 Å². The van der Waals surface area contributed by atoms with Crippen LogP contribution in [0.4, 0.5) is 23.5 Å². The fourth-order valence-electron chi connectivity index (χ4n) is 3.87. The standard InChI is InChI=1S/C28H27Cl2N7O3/c1-38-24-10-7-19(15-25(24)40-18-20-8-9-21(29)16-23(20)30)17-31-36-27-33-26(32-22-5-3-2-4-6-22)34-28(35-27)37-11-13-39-14-12-37/h2-10,15-17H,11-14,18H2,1H3,(H2,32,33,34,35,36)/b31-17+. The van der Waals surface area contributed by atoms with Crippen LogP contribution in [0, 0.1) is 0 Å². The molecule has 5 rings (SSSR count). The molecular weight excluding hydrogens is 553 g/mol. The number of para-hydroxylation sites is 1. The van der Waals surface area contributed by atoms with E-state index in [2.05, 4.69) is 35.7 Å². The van der Waals surface area contributed by atoms with Gasteiger partial charge in [-0.1, -0.05) is 47.5 Å². The molecule has 10 nitrogen and oxygen atoms in total. The Morgan fingerprint density at radius 1 is 0.950 bits per heavy atom. The molecule has 0 amide bonds. The first-order chi connectivity index (χ1) is 19.6. The van der Waals surface area contributed by atoms with E-state index in [1.807, 2.05) is 54.6 Å². The number of rotatable bonds is 10. The molecule has 1 aromatic heterocycles. The topological polar surface area (TPSA) is 106 Å². The molecule has 40 heavy (non-hydrogen) atoms. The van der Waals surface area contributed by atoms with Crippen molar-refractivity contribution in [1.82, 2.24) is 15.0 Å². The number of morpholine rings is 1. The predicted octanol–water partition coefficient (Wildman–Crippen LogP) is 5.79. The highest BCUT2D eigenvalue weighted by Crippen LogP contribution is 2.30. The van der Waals surface area contributed by atoms with Gasteiger partial charge in [-0.05, 0) is 48.0 Å². The first-order valence-electron chi connectivity index (χ1n) is 12.5. The van der Waals surface area contributed by atoms with Crippen LogP contribution in [0.5, 0.6) is 11.5 Å². The van der Waals surface area contributed by atoms with E-state index in [0.29, 0.717) is 65.7 Å². The molecule has 2 N–H and O–H groups in total. The first-order valence-corrected chi connectivity index (χ1v) is 13.3. The number of anilines is 4. The SMILES string of the molecule is COc1ccc(/C=N/Nc2nc(Nc3ccccc3)nc(N3CCOCC3)n2)cc1OCc1ccc(Cl)cc1Cl. The summed E-state index contributed by atoms with van der Waals surface area (Å²) in [4.78, 5) is 15.7. The summed E-state index contributed by atoms with van der Waals surface area (Å²) in [6.07, 6.45) is 1.64. The third-order valence-electron chi connectivity index (χ3n) is 5.91. The van der Waals surface area contributed by atoms with Crippen LogP contribution in [0.1, 0.15) is 11.1 Å². The van der Waals surface area contributed by atoms with Gasteiger partial charge >= 0.3 is 0 Å². The van der Waals surface area contributed by atoms with Crippen LogP contribution in [0.15, 0.2) is 71.8 Å². The summed E-state index contributed by atoms with van der Waals surface area (Å²) in [6.45, 7) is 2.85. The lowest BCUT2D eigenvalue weighted by atomic mass is 10.2. The summed E-state index contributed by atoms with van der Waals surface area (Å²) in [7, 11) is 1.58. The molecule has 0 spiro atoms. The third kappa shape index (κ3) is 7.29. The second kappa shape index (κ2) is 13.3. The van der Waals surface area contributed by atoms with Crippen molar-refractivity contribution in [3.8, 4) is 11.5 Å². The second-order valence-electron chi connectivity index (χ2n) is 8.68. The number of hydrazone groups is 1. The highest BCUT2D eigenvalue weighted by atomic mass is 35.5. The largest absolute Gasteiger partial charge is 0.493 e. The van der Waals surface area contributed by atoms with E-state index in [-0.39, 0.29) is 6.61 Å². The zero-order valence-corrected chi connectivity index (χ0v) is 23.2. The molecule has 0 atom stereocenters. The Morgan fingerprint density at radius 2 is 1.75 bits per heavy atom. The minimum absolute atomic E-state index is 0.248. The van der Waals surface area contributed by atoms with Crippen LogP contribution in [0.2, 0.25) is 10.0 Å². The van der Waals surface area contributed by atoms with Crippen molar-refractivity contribution in [2.24, 2.45) is 5.10 Å². The number of benzene rings is 3. The average Bonchev–Trinajstić information content (AvgIpc) is 2.98. The average molecular weight is 580 g/mol. The molecule has 2 heterocycles. The number of hydrogen-bond acceptors (Lipinski definition) is 10. The van der Waals surface area contributed by atoms with Crippen LogP contribution in [-0.2, 0) is 11.3 Å². The molecule has 0 saturated carbocycles. The van der Waals surface area contributed by atoms with Gasteiger partial charge in [0.15, 0.2) is 11.5 Å². The predicted molar refractivity (Wildman–Crippen MR) is 158 cm³/mol. The van der Waals surface area contributed by atoms with Gasteiger partial charge in [0.1, 0.15) is 6.61 Å². The quantitative estimate of drug-likeness (QED) is 0.178. The van der Waals surface area contributed by atoms with Crippen LogP contribution >= 0.6 is 23.2 Å². The molecule has 1 saturated heterocycles. The molecule has 206 valence electrons. The fraction of sp³-hybridized carbons (Fsp3) is 0.214. The Hall–Kier alpha value is -4.12. The summed E-state index contributed by atoms with van der Waals surface area (Å²) in [6, 6.07) is 20.5. The summed E-state index contributed by atoms with van der Waals surface area (Å²) < 4.78 is 16.9. The van der Waals surface area contributed by atoms with Gasteiger partial charge in [0, 0.05) is 34.4 Å². The normalized spacial score (nSPS) is 13.3. The lowest BCUT2D eigenvalue weighted by Gasteiger charge is -2.27. The number of methoxy groups -OCH3 is 1. The maximum absolute atomic E-state index is 6.29. The van der Waals surface area contributed by atoms with Crippen LogP contribution in [-0.4, -0.2) is 54.6 Å². The molecule has 1 fully saturated rings. The van der Waals surface area contributed by atoms with Crippen molar-refractivity contribution >= 4 is 52.9 Å². The van der Waals surface area contributed by atoms with Gasteiger partial charge in [0.25, 0.3) is 0 Å². The van der Waals surface area contributed by atoms with Gasteiger partial charge in [-0.3, -0.25) is 0 Å². The van der Waals surface area contributed by atoms with Gasteiger partial charge in [-0.2, -0.15) is 20.1 Å². The molecule has 0 bridgehead atoms. The van der Waals surface area contributed by atoms with Gasteiger partial charge in [0.05, 0.1) is 26.5 Å². The Balaban J connectivity index is 1.32. The van der Waals surface area contributed by atoms with Gasteiger partial charge in [-0.15, -0.1) is 0 Å². The molecule has 0 unspecified atom stereocenters. The van der Waals surface area contributed by atoms with Crippen molar-refractivity contribution < 1.29 is 14.2 Å². The molecule has 0 aliphatic carbocycles. The minimum atomic E-state index is 0.248. The number of halogens is 2. The number of aromatic nitrogens is 3. The highest BCUT2D eigenvalue weighted by molar-refractivity contribution is 6.35. The molecule has 1 aliphatic heterocycles. The van der Waals surface area contributed by atoms with Crippen molar-refractivity contribution in [1.29, 1.82) is 0 Å².